The molecule has 0 saturated heterocycles. The highest BCUT2D eigenvalue weighted by molar-refractivity contribution is 5.19. The summed E-state index contributed by atoms with van der Waals surface area (Å²) in [6.45, 7) is 6.73. The molecule has 0 aromatic heterocycles. The first kappa shape index (κ1) is 8.11. The minimum Gasteiger partial charge on any atom is -0.345 e. The van der Waals surface area contributed by atoms with Crippen LogP contribution >= 0.6 is 0 Å². The van der Waals surface area contributed by atoms with Gasteiger partial charge in [-0.25, -0.2) is 5.26 Å². The second-order valence-electron chi connectivity index (χ2n) is 4.72. The Bertz CT molecular complexity index is 230. The molecule has 1 N–H and O–H groups in total. The molecule has 1 fully saturated rings. The van der Waals surface area contributed by atoms with Crippen molar-refractivity contribution in [2.24, 2.45) is 23.2 Å². The van der Waals surface area contributed by atoms with Gasteiger partial charge in [0.05, 0.1) is 0 Å². The van der Waals surface area contributed by atoms with Crippen LogP contribution in [0.2, 0.25) is 0 Å². The lowest BCUT2D eigenvalue weighted by Gasteiger charge is -2.57. The summed E-state index contributed by atoms with van der Waals surface area (Å²) < 4.78 is 0. The molecule has 0 heterocycles. The number of rotatable bonds is 1. The van der Waals surface area contributed by atoms with Crippen LogP contribution in [0.5, 0.6) is 0 Å². The summed E-state index contributed by atoms with van der Waals surface area (Å²) in [5.74, 6) is 2.46. The molecule has 0 aromatic carbocycles. The van der Waals surface area contributed by atoms with Crippen molar-refractivity contribution in [3.63, 3.8) is 0 Å². The van der Waals surface area contributed by atoms with Gasteiger partial charge in [-0.1, -0.05) is 20.8 Å². The largest absolute Gasteiger partial charge is 0.345 e. The van der Waals surface area contributed by atoms with E-state index in [-0.39, 0.29) is 0 Å². The van der Waals surface area contributed by atoms with Crippen LogP contribution in [0.15, 0.2) is 11.8 Å². The normalized spacial score (nSPS) is 43.0. The molecule has 1 saturated carbocycles. The van der Waals surface area contributed by atoms with E-state index in [0.717, 1.165) is 5.76 Å². The smallest absolute Gasteiger partial charge is 0.141 e. The third-order valence-corrected chi connectivity index (χ3v) is 3.94. The topological polar surface area (TPSA) is 29.5 Å². The molecule has 3 atom stereocenters. The Morgan fingerprint density at radius 1 is 1.58 bits per heavy atom. The Labute approximate surface area is 73.2 Å². The van der Waals surface area contributed by atoms with Crippen LogP contribution < -0.4 is 0 Å². The molecular weight excluding hydrogens is 152 g/mol. The molecular formula is C10H16O2. The van der Waals surface area contributed by atoms with E-state index in [4.69, 9.17) is 5.26 Å². The summed E-state index contributed by atoms with van der Waals surface area (Å²) in [5.41, 5.74) is 0.418. The van der Waals surface area contributed by atoms with E-state index >= 15 is 0 Å². The maximum atomic E-state index is 8.60. The first-order valence-electron chi connectivity index (χ1n) is 4.60. The quantitative estimate of drug-likeness (QED) is 0.482. The summed E-state index contributed by atoms with van der Waals surface area (Å²) >= 11 is 0. The van der Waals surface area contributed by atoms with E-state index in [1.54, 1.807) is 0 Å². The van der Waals surface area contributed by atoms with E-state index in [1.807, 2.05) is 0 Å². The standard InChI is InChI=1S/C10H16O2/c1-6-8-4-7(10(8,2)3)5-9(6)12-11/h5-8,11H,4H2,1-3H3. The fourth-order valence-electron chi connectivity index (χ4n) is 2.79. The number of hydrogen-bond acceptors (Lipinski definition) is 2. The first-order chi connectivity index (χ1) is 5.57. The van der Waals surface area contributed by atoms with Gasteiger partial charge >= 0.3 is 0 Å². The maximum Gasteiger partial charge on any atom is 0.141 e. The lowest BCUT2D eigenvalue weighted by atomic mass is 9.48. The van der Waals surface area contributed by atoms with E-state index < -0.39 is 0 Å². The monoisotopic (exact) mass is 168 g/mol. The lowest BCUT2D eigenvalue weighted by molar-refractivity contribution is -0.226. The van der Waals surface area contributed by atoms with Crippen molar-refractivity contribution >= 4 is 0 Å². The molecule has 68 valence electrons. The SMILES string of the molecule is CC1C(OO)=CC2CC1C2(C)C. The zero-order chi connectivity index (χ0) is 8.93. The predicted molar refractivity (Wildman–Crippen MR) is 46.3 cm³/mol. The van der Waals surface area contributed by atoms with Crippen LogP contribution in [0.25, 0.3) is 0 Å². The van der Waals surface area contributed by atoms with Crippen LogP contribution in [0.3, 0.4) is 0 Å². The molecule has 0 aromatic rings. The molecule has 0 radical (unpaired) electrons. The summed E-state index contributed by atoms with van der Waals surface area (Å²) in [5, 5.41) is 8.60. The molecule has 2 heteroatoms. The molecule has 0 aliphatic heterocycles. The molecule has 0 spiro atoms. The van der Waals surface area contributed by atoms with E-state index in [2.05, 4.69) is 31.7 Å². The van der Waals surface area contributed by atoms with Gasteiger partial charge < -0.3 is 4.89 Å². The molecule has 2 nitrogen and oxygen atoms in total. The van der Waals surface area contributed by atoms with Gasteiger partial charge in [0.1, 0.15) is 5.76 Å². The van der Waals surface area contributed by atoms with Gasteiger partial charge in [0, 0.05) is 5.92 Å². The number of allylic oxidation sites excluding steroid dienone is 2. The van der Waals surface area contributed by atoms with Crippen LogP contribution in [0, 0.1) is 23.2 Å². The average molecular weight is 168 g/mol. The van der Waals surface area contributed by atoms with Crippen LogP contribution in [-0.2, 0) is 4.89 Å². The highest BCUT2D eigenvalue weighted by Crippen LogP contribution is 2.60. The summed E-state index contributed by atoms with van der Waals surface area (Å²) in [6.07, 6.45) is 3.35. The zero-order valence-electron chi connectivity index (χ0n) is 7.87. The third-order valence-electron chi connectivity index (χ3n) is 3.94. The Morgan fingerprint density at radius 2 is 2.25 bits per heavy atom. The lowest BCUT2D eigenvalue weighted by Crippen LogP contribution is -2.50. The van der Waals surface area contributed by atoms with Gasteiger partial charge in [0.15, 0.2) is 0 Å². The molecule has 2 bridgehead atoms. The van der Waals surface area contributed by atoms with Crippen molar-refractivity contribution in [2.75, 3.05) is 0 Å². The Morgan fingerprint density at radius 3 is 2.67 bits per heavy atom. The van der Waals surface area contributed by atoms with Gasteiger partial charge in [-0.3, -0.25) is 0 Å². The van der Waals surface area contributed by atoms with Crippen LogP contribution in [0.1, 0.15) is 27.2 Å². The molecule has 12 heavy (non-hydrogen) atoms. The Kier molecular flexibility index (Phi) is 1.52. The number of hydrogen-bond donors (Lipinski definition) is 1. The molecule has 3 rings (SSSR count). The van der Waals surface area contributed by atoms with E-state index in [0.29, 0.717) is 23.2 Å². The van der Waals surface area contributed by atoms with Gasteiger partial charge in [-0.15, -0.1) is 0 Å². The van der Waals surface area contributed by atoms with E-state index in [1.165, 1.54) is 6.42 Å². The molecule has 3 aliphatic carbocycles. The van der Waals surface area contributed by atoms with Crippen LogP contribution in [-0.4, -0.2) is 5.26 Å². The first-order valence-corrected chi connectivity index (χ1v) is 4.60. The van der Waals surface area contributed by atoms with Gasteiger partial charge in [-0.2, -0.15) is 0 Å². The summed E-state index contributed by atoms with van der Waals surface area (Å²) in [7, 11) is 0. The summed E-state index contributed by atoms with van der Waals surface area (Å²) in [4.78, 5) is 4.36. The van der Waals surface area contributed by atoms with Gasteiger partial charge in [-0.05, 0) is 29.7 Å². The second-order valence-corrected chi connectivity index (χ2v) is 4.72. The zero-order valence-corrected chi connectivity index (χ0v) is 7.87. The average Bonchev–Trinajstić information content (AvgIpc) is 2.03. The Hall–Kier alpha value is -0.500. The van der Waals surface area contributed by atoms with Crippen molar-refractivity contribution in [1.82, 2.24) is 0 Å². The maximum absolute atomic E-state index is 8.60. The van der Waals surface area contributed by atoms with E-state index in [9.17, 15) is 0 Å². The Balaban J connectivity index is 2.27. The number of fused-ring (bicyclic) bond motifs is 1. The fourth-order valence-corrected chi connectivity index (χ4v) is 2.79. The molecule has 3 unspecified atom stereocenters. The summed E-state index contributed by atoms with van der Waals surface area (Å²) in [6, 6.07) is 0. The minimum absolute atomic E-state index is 0.384. The van der Waals surface area contributed by atoms with Crippen molar-refractivity contribution in [2.45, 2.75) is 27.2 Å². The third kappa shape index (κ3) is 0.789. The fraction of sp³-hybridized carbons (Fsp3) is 0.800. The van der Waals surface area contributed by atoms with Crippen molar-refractivity contribution in [1.29, 1.82) is 0 Å². The van der Waals surface area contributed by atoms with Crippen molar-refractivity contribution in [3.05, 3.63) is 11.8 Å². The molecule has 0 amide bonds. The highest BCUT2D eigenvalue weighted by Gasteiger charge is 2.53. The second kappa shape index (κ2) is 2.25. The predicted octanol–water partition coefficient (Wildman–Crippen LogP) is 2.67. The van der Waals surface area contributed by atoms with Crippen LogP contribution in [0.4, 0.5) is 0 Å². The van der Waals surface area contributed by atoms with Crippen molar-refractivity contribution in [3.8, 4) is 0 Å². The highest BCUT2D eigenvalue weighted by atomic mass is 17.1. The van der Waals surface area contributed by atoms with Crippen molar-refractivity contribution < 1.29 is 10.1 Å². The van der Waals surface area contributed by atoms with Gasteiger partial charge in [0.2, 0.25) is 0 Å². The minimum atomic E-state index is 0.384. The van der Waals surface area contributed by atoms with Gasteiger partial charge in [0.25, 0.3) is 0 Å². The molecule has 3 aliphatic rings.